The van der Waals surface area contributed by atoms with E-state index >= 15 is 0 Å². The highest BCUT2D eigenvalue weighted by Gasteiger charge is 2.38. The van der Waals surface area contributed by atoms with Gasteiger partial charge in [-0.3, -0.25) is 0 Å². The number of halogens is 1. The van der Waals surface area contributed by atoms with Crippen molar-refractivity contribution in [2.45, 2.75) is 18.4 Å². The number of ether oxygens (including phenoxy) is 2. The minimum atomic E-state index is -0.251. The quantitative estimate of drug-likeness (QED) is 0.848. The third kappa shape index (κ3) is 3.12. The van der Waals surface area contributed by atoms with Gasteiger partial charge in [-0.1, -0.05) is 0 Å². The Hall–Kier alpha value is -2.05. The van der Waals surface area contributed by atoms with Gasteiger partial charge < -0.3 is 14.4 Å². The second-order valence-electron chi connectivity index (χ2n) is 6.35. The number of rotatable bonds is 2. The zero-order valence-electron chi connectivity index (χ0n) is 13.4. The number of hydrogen-bond donors (Lipinski definition) is 0. The van der Waals surface area contributed by atoms with Gasteiger partial charge in [0, 0.05) is 44.7 Å². The molecule has 1 aromatic heterocycles. The highest BCUT2D eigenvalue weighted by atomic mass is 19.1. The van der Waals surface area contributed by atoms with Crippen LogP contribution in [0.4, 0.5) is 10.2 Å². The zero-order valence-corrected chi connectivity index (χ0v) is 13.4. The minimum Gasteiger partial charge on any atom is -0.381 e. The van der Waals surface area contributed by atoms with Crippen molar-refractivity contribution in [3.8, 4) is 11.3 Å². The van der Waals surface area contributed by atoms with Crippen LogP contribution in [0, 0.1) is 5.82 Å². The van der Waals surface area contributed by atoms with Gasteiger partial charge in [-0.2, -0.15) is 0 Å². The van der Waals surface area contributed by atoms with Crippen LogP contribution in [0.3, 0.4) is 0 Å². The molecule has 0 N–H and O–H groups in total. The van der Waals surface area contributed by atoms with Crippen LogP contribution in [0.25, 0.3) is 11.3 Å². The van der Waals surface area contributed by atoms with Crippen LogP contribution in [0.1, 0.15) is 12.8 Å². The molecule has 2 aromatic rings. The van der Waals surface area contributed by atoms with Crippen molar-refractivity contribution in [2.24, 2.45) is 0 Å². The predicted octanol–water partition coefficient (Wildman–Crippen LogP) is 2.67. The first-order valence-electron chi connectivity index (χ1n) is 8.31. The van der Waals surface area contributed by atoms with Crippen LogP contribution in [0.15, 0.2) is 36.4 Å². The molecule has 0 bridgehead atoms. The van der Waals surface area contributed by atoms with Crippen molar-refractivity contribution >= 4 is 5.82 Å². The van der Waals surface area contributed by atoms with E-state index in [4.69, 9.17) is 9.47 Å². The summed E-state index contributed by atoms with van der Waals surface area (Å²) in [5.41, 5.74) is 1.49. The van der Waals surface area contributed by atoms with E-state index in [1.807, 2.05) is 12.1 Å². The Morgan fingerprint density at radius 3 is 2.46 bits per heavy atom. The van der Waals surface area contributed by atoms with Gasteiger partial charge >= 0.3 is 0 Å². The molecule has 0 saturated carbocycles. The molecule has 1 spiro atoms. The summed E-state index contributed by atoms with van der Waals surface area (Å²) in [5, 5.41) is 8.68. The second-order valence-corrected chi connectivity index (χ2v) is 6.35. The third-order valence-corrected chi connectivity index (χ3v) is 4.77. The Morgan fingerprint density at radius 1 is 0.958 bits per heavy atom. The summed E-state index contributed by atoms with van der Waals surface area (Å²) in [6.07, 6.45) is 1.84. The first-order chi connectivity index (χ1) is 11.7. The second kappa shape index (κ2) is 6.45. The van der Waals surface area contributed by atoms with Gasteiger partial charge in [0.2, 0.25) is 0 Å². The lowest BCUT2D eigenvalue weighted by Crippen LogP contribution is -2.54. The first kappa shape index (κ1) is 15.5. The molecule has 2 fully saturated rings. The molecular weight excluding hydrogens is 309 g/mol. The summed E-state index contributed by atoms with van der Waals surface area (Å²) in [6, 6.07) is 10.2. The predicted molar refractivity (Wildman–Crippen MR) is 88.4 cm³/mol. The maximum Gasteiger partial charge on any atom is 0.151 e. The standard InChI is InChI=1S/C18H20FN3O2/c19-15-3-1-14(2-4-15)16-5-6-17(21-20-16)22-9-12-24-18(13-22)7-10-23-11-8-18/h1-6H,7-13H2. The number of benzene rings is 1. The fraction of sp³-hybridized carbons (Fsp3) is 0.444. The number of nitrogens with zero attached hydrogens (tertiary/aromatic N) is 3. The lowest BCUT2D eigenvalue weighted by atomic mass is 9.92. The van der Waals surface area contributed by atoms with E-state index in [-0.39, 0.29) is 11.4 Å². The van der Waals surface area contributed by atoms with Gasteiger partial charge in [0.1, 0.15) is 5.82 Å². The Kier molecular flexibility index (Phi) is 4.16. The summed E-state index contributed by atoms with van der Waals surface area (Å²) >= 11 is 0. The molecule has 2 saturated heterocycles. The van der Waals surface area contributed by atoms with Gasteiger partial charge in [-0.05, 0) is 36.4 Å². The Bertz CT molecular complexity index is 679. The van der Waals surface area contributed by atoms with Crippen molar-refractivity contribution in [1.82, 2.24) is 10.2 Å². The molecule has 5 nitrogen and oxygen atoms in total. The summed E-state index contributed by atoms with van der Waals surface area (Å²) < 4.78 is 24.5. The topological polar surface area (TPSA) is 47.5 Å². The molecule has 0 amide bonds. The van der Waals surface area contributed by atoms with E-state index in [0.717, 1.165) is 56.2 Å². The Labute approximate surface area is 140 Å². The van der Waals surface area contributed by atoms with Gasteiger partial charge in [-0.15, -0.1) is 10.2 Å². The fourth-order valence-electron chi connectivity index (χ4n) is 3.35. The van der Waals surface area contributed by atoms with Crippen LogP contribution in [0.5, 0.6) is 0 Å². The van der Waals surface area contributed by atoms with Crippen molar-refractivity contribution in [3.63, 3.8) is 0 Å². The van der Waals surface area contributed by atoms with Crippen LogP contribution >= 0.6 is 0 Å². The van der Waals surface area contributed by atoms with Crippen LogP contribution < -0.4 is 4.90 Å². The molecular formula is C18H20FN3O2. The van der Waals surface area contributed by atoms with Crippen LogP contribution in [-0.4, -0.2) is 48.7 Å². The van der Waals surface area contributed by atoms with Crippen molar-refractivity contribution in [2.75, 3.05) is 37.8 Å². The van der Waals surface area contributed by atoms with E-state index in [1.165, 1.54) is 12.1 Å². The van der Waals surface area contributed by atoms with E-state index in [1.54, 1.807) is 12.1 Å². The molecule has 24 heavy (non-hydrogen) atoms. The molecule has 0 radical (unpaired) electrons. The summed E-state index contributed by atoms with van der Waals surface area (Å²) in [7, 11) is 0. The largest absolute Gasteiger partial charge is 0.381 e. The van der Waals surface area contributed by atoms with Gasteiger partial charge in [0.25, 0.3) is 0 Å². The summed E-state index contributed by atoms with van der Waals surface area (Å²) in [4.78, 5) is 2.23. The van der Waals surface area contributed by atoms with Crippen LogP contribution in [-0.2, 0) is 9.47 Å². The summed E-state index contributed by atoms with van der Waals surface area (Å²) in [6.45, 7) is 3.83. The van der Waals surface area contributed by atoms with E-state index in [9.17, 15) is 4.39 Å². The van der Waals surface area contributed by atoms with Gasteiger partial charge in [0.15, 0.2) is 5.82 Å². The molecule has 2 aliphatic heterocycles. The van der Waals surface area contributed by atoms with Crippen LogP contribution in [0.2, 0.25) is 0 Å². The zero-order chi connectivity index (χ0) is 16.4. The minimum absolute atomic E-state index is 0.117. The smallest absolute Gasteiger partial charge is 0.151 e. The maximum absolute atomic E-state index is 13.0. The normalized spacial score (nSPS) is 20.3. The highest BCUT2D eigenvalue weighted by Crippen LogP contribution is 2.31. The van der Waals surface area contributed by atoms with E-state index in [0.29, 0.717) is 6.61 Å². The number of morpholine rings is 1. The van der Waals surface area contributed by atoms with Crippen molar-refractivity contribution in [1.29, 1.82) is 0 Å². The number of aromatic nitrogens is 2. The number of anilines is 1. The molecule has 1 aromatic carbocycles. The fourth-order valence-corrected chi connectivity index (χ4v) is 3.35. The molecule has 0 atom stereocenters. The average molecular weight is 329 g/mol. The molecule has 0 aliphatic carbocycles. The molecule has 6 heteroatoms. The maximum atomic E-state index is 13.0. The van der Waals surface area contributed by atoms with E-state index in [2.05, 4.69) is 15.1 Å². The third-order valence-electron chi connectivity index (χ3n) is 4.77. The Morgan fingerprint density at radius 2 is 1.75 bits per heavy atom. The SMILES string of the molecule is Fc1ccc(-c2ccc(N3CCOC4(CCOCC4)C3)nn2)cc1. The van der Waals surface area contributed by atoms with Gasteiger partial charge in [0.05, 0.1) is 17.9 Å². The number of hydrogen-bond acceptors (Lipinski definition) is 5. The molecule has 3 heterocycles. The van der Waals surface area contributed by atoms with E-state index < -0.39 is 0 Å². The van der Waals surface area contributed by atoms with Crippen molar-refractivity contribution < 1.29 is 13.9 Å². The molecule has 4 rings (SSSR count). The molecule has 126 valence electrons. The van der Waals surface area contributed by atoms with Crippen molar-refractivity contribution in [3.05, 3.63) is 42.2 Å². The molecule has 0 unspecified atom stereocenters. The average Bonchev–Trinajstić information content (AvgIpc) is 2.63. The lowest BCUT2D eigenvalue weighted by Gasteiger charge is -2.45. The lowest BCUT2D eigenvalue weighted by molar-refractivity contribution is -0.116. The summed E-state index contributed by atoms with van der Waals surface area (Å²) in [5.74, 6) is 0.605. The van der Waals surface area contributed by atoms with Gasteiger partial charge in [-0.25, -0.2) is 4.39 Å². The molecule has 2 aliphatic rings. The highest BCUT2D eigenvalue weighted by molar-refractivity contribution is 5.59. The first-order valence-corrected chi connectivity index (χ1v) is 8.31. The monoisotopic (exact) mass is 329 g/mol. The Balaban J connectivity index is 1.51.